The summed E-state index contributed by atoms with van der Waals surface area (Å²) < 4.78 is 3.20. The number of hydrogen-bond acceptors (Lipinski definition) is 4. The van der Waals surface area contributed by atoms with Crippen molar-refractivity contribution in [1.29, 1.82) is 0 Å². The minimum Gasteiger partial charge on any atom is -0.375 e. The molecular weight excluding hydrogens is 364 g/mol. The van der Waals surface area contributed by atoms with Crippen molar-refractivity contribution in [1.82, 2.24) is 14.5 Å². The van der Waals surface area contributed by atoms with Crippen LogP contribution in [0.5, 0.6) is 0 Å². The summed E-state index contributed by atoms with van der Waals surface area (Å²) in [5.41, 5.74) is 10.7. The van der Waals surface area contributed by atoms with Crippen LogP contribution in [0.1, 0.15) is 49.7 Å². The minimum atomic E-state index is 0.596. The first-order valence-corrected chi connectivity index (χ1v) is 10.6. The highest BCUT2D eigenvalue weighted by Crippen LogP contribution is 2.25. The third-order valence-corrected chi connectivity index (χ3v) is 5.96. The van der Waals surface area contributed by atoms with Gasteiger partial charge in [0.2, 0.25) is 0 Å². The van der Waals surface area contributed by atoms with Gasteiger partial charge in [0, 0.05) is 12.1 Å². The highest BCUT2D eigenvalue weighted by molar-refractivity contribution is 7.22. The number of imidazole rings is 1. The summed E-state index contributed by atoms with van der Waals surface area (Å²) in [6.07, 6.45) is 16.3. The number of nitrogen functional groups attached to an aromatic ring is 1. The molecule has 0 aliphatic heterocycles. The van der Waals surface area contributed by atoms with Gasteiger partial charge in [-0.2, -0.15) is 0 Å². The van der Waals surface area contributed by atoms with E-state index in [1.54, 1.807) is 0 Å². The van der Waals surface area contributed by atoms with Crippen molar-refractivity contribution in [3.05, 3.63) is 53.9 Å². The molecule has 0 amide bonds. The van der Waals surface area contributed by atoms with E-state index in [1.807, 2.05) is 30.6 Å². The van der Waals surface area contributed by atoms with Crippen molar-refractivity contribution in [3.8, 4) is 12.3 Å². The molecule has 0 radical (unpaired) electrons. The lowest BCUT2D eigenvalue weighted by Gasteiger charge is -2.05. The molecular formula is C23H24N4S. The van der Waals surface area contributed by atoms with E-state index in [9.17, 15) is 0 Å². The van der Waals surface area contributed by atoms with E-state index in [0.717, 1.165) is 33.4 Å². The molecule has 2 aromatic carbocycles. The molecule has 28 heavy (non-hydrogen) atoms. The molecule has 5 heteroatoms. The van der Waals surface area contributed by atoms with E-state index >= 15 is 0 Å². The first kappa shape index (κ1) is 18.5. The van der Waals surface area contributed by atoms with Crippen molar-refractivity contribution < 1.29 is 0 Å². The molecule has 0 atom stereocenters. The van der Waals surface area contributed by atoms with Crippen molar-refractivity contribution >= 4 is 37.7 Å². The molecule has 0 saturated heterocycles. The highest BCUT2D eigenvalue weighted by Gasteiger charge is 2.06. The molecule has 1 aliphatic rings. The molecule has 142 valence electrons. The minimum absolute atomic E-state index is 0.596. The van der Waals surface area contributed by atoms with Crippen LogP contribution in [0.15, 0.2) is 42.7 Å². The Hall–Kier alpha value is -2.84. The molecule has 0 spiro atoms. The summed E-state index contributed by atoms with van der Waals surface area (Å²) in [5, 5.41) is 0.596. The molecule has 2 N–H and O–H groups in total. The van der Waals surface area contributed by atoms with Gasteiger partial charge in [-0.15, -0.1) is 6.42 Å². The van der Waals surface area contributed by atoms with Crippen LogP contribution >= 0.6 is 11.3 Å². The molecule has 4 nitrogen and oxygen atoms in total. The Morgan fingerprint density at radius 3 is 2.43 bits per heavy atom. The number of fused-ring (bicyclic) bond motifs is 2. The second kappa shape index (κ2) is 8.45. The predicted octanol–water partition coefficient (Wildman–Crippen LogP) is 5.60. The van der Waals surface area contributed by atoms with Gasteiger partial charge in [0.05, 0.1) is 27.6 Å². The number of thiazole rings is 1. The SMILES string of the molecule is C#Cc1ccc2ncn(Cc3ccc4nc(N)sc4c3)c2c1.C1CCCCC1. The van der Waals surface area contributed by atoms with Gasteiger partial charge in [-0.25, -0.2) is 9.97 Å². The van der Waals surface area contributed by atoms with Crippen LogP contribution in [0.3, 0.4) is 0 Å². The second-order valence-corrected chi connectivity index (χ2v) is 8.26. The first-order valence-electron chi connectivity index (χ1n) is 9.79. The monoisotopic (exact) mass is 388 g/mol. The number of benzene rings is 2. The third kappa shape index (κ3) is 4.18. The van der Waals surface area contributed by atoms with Gasteiger partial charge in [0.15, 0.2) is 5.13 Å². The quantitative estimate of drug-likeness (QED) is 0.455. The molecule has 4 aromatic rings. The molecule has 1 fully saturated rings. The molecule has 0 bridgehead atoms. The largest absolute Gasteiger partial charge is 0.375 e. The first-order chi connectivity index (χ1) is 13.7. The second-order valence-electron chi connectivity index (χ2n) is 7.20. The summed E-state index contributed by atoms with van der Waals surface area (Å²) in [7, 11) is 0. The van der Waals surface area contributed by atoms with Gasteiger partial charge in [0.1, 0.15) is 0 Å². The maximum Gasteiger partial charge on any atom is 0.181 e. The fourth-order valence-corrected chi connectivity index (χ4v) is 4.41. The van der Waals surface area contributed by atoms with Crippen molar-refractivity contribution in [2.45, 2.75) is 45.1 Å². The van der Waals surface area contributed by atoms with Crippen LogP contribution in [-0.2, 0) is 6.54 Å². The van der Waals surface area contributed by atoms with E-state index in [-0.39, 0.29) is 0 Å². The Bertz CT molecular complexity index is 1120. The van der Waals surface area contributed by atoms with Gasteiger partial charge in [-0.1, -0.05) is 61.8 Å². The van der Waals surface area contributed by atoms with Crippen LogP contribution in [0.4, 0.5) is 5.13 Å². The lowest BCUT2D eigenvalue weighted by molar-refractivity contribution is 0.504. The van der Waals surface area contributed by atoms with Crippen LogP contribution in [0.25, 0.3) is 21.3 Å². The molecule has 2 heterocycles. The normalized spacial score (nSPS) is 13.8. The van der Waals surface area contributed by atoms with Gasteiger partial charge >= 0.3 is 0 Å². The van der Waals surface area contributed by atoms with Crippen molar-refractivity contribution in [3.63, 3.8) is 0 Å². The number of terminal acetylenes is 1. The summed E-state index contributed by atoms with van der Waals surface area (Å²) in [4.78, 5) is 8.70. The Kier molecular flexibility index (Phi) is 5.59. The summed E-state index contributed by atoms with van der Waals surface area (Å²) in [6, 6.07) is 12.0. The Labute approximate surface area is 169 Å². The fourth-order valence-electron chi connectivity index (χ4n) is 3.62. The summed E-state index contributed by atoms with van der Waals surface area (Å²) in [5.74, 6) is 2.67. The van der Waals surface area contributed by atoms with Crippen LogP contribution in [0.2, 0.25) is 0 Å². The standard InChI is InChI=1S/C17H12N4S.C6H12/c1-2-11-3-5-13-15(7-11)21(10-19-13)9-12-4-6-14-16(8-12)22-17(18)20-14;1-2-4-6-5-3-1/h1,3-8,10H,9H2,(H2,18,20);1-6H2. The zero-order valence-electron chi connectivity index (χ0n) is 15.9. The van der Waals surface area contributed by atoms with Gasteiger partial charge < -0.3 is 10.3 Å². The average molecular weight is 389 g/mol. The third-order valence-electron chi connectivity index (χ3n) is 5.11. The van der Waals surface area contributed by atoms with E-state index in [1.165, 1.54) is 55.4 Å². The van der Waals surface area contributed by atoms with E-state index in [0.29, 0.717) is 5.13 Å². The zero-order chi connectivity index (χ0) is 19.3. The Morgan fingerprint density at radius 2 is 1.71 bits per heavy atom. The highest BCUT2D eigenvalue weighted by atomic mass is 32.1. The Morgan fingerprint density at radius 1 is 1.00 bits per heavy atom. The smallest absolute Gasteiger partial charge is 0.181 e. The molecule has 1 saturated carbocycles. The van der Waals surface area contributed by atoms with Crippen molar-refractivity contribution in [2.75, 3.05) is 5.73 Å². The molecule has 5 rings (SSSR count). The molecule has 1 aliphatic carbocycles. The van der Waals surface area contributed by atoms with E-state index in [4.69, 9.17) is 12.2 Å². The van der Waals surface area contributed by atoms with Crippen LogP contribution in [0, 0.1) is 12.3 Å². The summed E-state index contributed by atoms with van der Waals surface area (Å²) >= 11 is 1.50. The number of aromatic nitrogens is 3. The van der Waals surface area contributed by atoms with E-state index in [2.05, 4.69) is 32.6 Å². The van der Waals surface area contributed by atoms with Gasteiger partial charge in [-0.3, -0.25) is 0 Å². The molecule has 2 aromatic heterocycles. The number of nitrogens with two attached hydrogens (primary N) is 1. The summed E-state index contributed by atoms with van der Waals surface area (Å²) in [6.45, 7) is 0.734. The van der Waals surface area contributed by atoms with Crippen LogP contribution < -0.4 is 5.73 Å². The van der Waals surface area contributed by atoms with Gasteiger partial charge in [0.25, 0.3) is 0 Å². The number of rotatable bonds is 2. The zero-order valence-corrected chi connectivity index (χ0v) is 16.7. The predicted molar refractivity (Wildman–Crippen MR) is 119 cm³/mol. The van der Waals surface area contributed by atoms with Crippen LogP contribution in [-0.4, -0.2) is 14.5 Å². The topological polar surface area (TPSA) is 56.7 Å². The average Bonchev–Trinajstić information content (AvgIpc) is 3.31. The van der Waals surface area contributed by atoms with E-state index < -0.39 is 0 Å². The molecule has 0 unspecified atom stereocenters. The lowest BCUT2D eigenvalue weighted by Crippen LogP contribution is -1.97. The number of anilines is 1. The maximum absolute atomic E-state index is 5.76. The van der Waals surface area contributed by atoms with Gasteiger partial charge in [-0.05, 0) is 35.9 Å². The maximum atomic E-state index is 5.76. The number of nitrogens with zero attached hydrogens (tertiary/aromatic N) is 3. The fraction of sp³-hybridized carbons (Fsp3) is 0.304. The Balaban J connectivity index is 0.000000275. The lowest BCUT2D eigenvalue weighted by atomic mass is 10.0. The number of hydrogen-bond donors (Lipinski definition) is 1. The van der Waals surface area contributed by atoms with Crippen molar-refractivity contribution in [2.24, 2.45) is 0 Å².